The molecular formula is C29H19F7N6O6S. The van der Waals surface area contributed by atoms with E-state index >= 15 is 4.39 Å². The molecule has 6 rings (SSSR count). The van der Waals surface area contributed by atoms with E-state index in [1.54, 1.807) is 0 Å². The van der Waals surface area contributed by atoms with Gasteiger partial charge in [-0.2, -0.15) is 4.99 Å². The number of carbonyl (C=O) groups excluding carboxylic acids is 2. The quantitative estimate of drug-likeness (QED) is 0.195. The van der Waals surface area contributed by atoms with E-state index in [-0.39, 0.29) is 57.5 Å². The maximum atomic E-state index is 15.1. The van der Waals surface area contributed by atoms with Crippen LogP contribution in [-0.2, 0) is 16.1 Å². The summed E-state index contributed by atoms with van der Waals surface area (Å²) in [5.41, 5.74) is 0.314. The number of rotatable bonds is 9. The zero-order chi connectivity index (χ0) is 34.9. The molecule has 0 aliphatic carbocycles. The van der Waals surface area contributed by atoms with Gasteiger partial charge in [-0.3, -0.25) is 9.69 Å². The summed E-state index contributed by atoms with van der Waals surface area (Å²) in [4.78, 5) is 34.7. The van der Waals surface area contributed by atoms with Crippen molar-refractivity contribution in [3.63, 3.8) is 0 Å². The number of halogens is 7. The number of thioether (sulfide) groups is 1. The van der Waals surface area contributed by atoms with Crippen LogP contribution in [0.5, 0.6) is 17.2 Å². The van der Waals surface area contributed by atoms with E-state index in [0.717, 1.165) is 34.9 Å². The zero-order valence-corrected chi connectivity index (χ0v) is 25.1. The Morgan fingerprint density at radius 2 is 1.80 bits per heavy atom. The molecule has 3 heterocycles. The normalized spacial score (nSPS) is 15.7. The van der Waals surface area contributed by atoms with Gasteiger partial charge in [0.1, 0.15) is 17.9 Å². The van der Waals surface area contributed by atoms with Crippen LogP contribution in [-0.4, -0.2) is 63.6 Å². The Hall–Kier alpha value is -5.37. The first-order valence-corrected chi connectivity index (χ1v) is 14.7. The predicted molar refractivity (Wildman–Crippen MR) is 158 cm³/mol. The van der Waals surface area contributed by atoms with Crippen LogP contribution in [0.1, 0.15) is 5.56 Å². The number of hydrogen-bond donors (Lipinski definition) is 1. The summed E-state index contributed by atoms with van der Waals surface area (Å²) in [5, 5.41) is 6.32. The van der Waals surface area contributed by atoms with Crippen LogP contribution in [0, 0.1) is 5.82 Å². The summed E-state index contributed by atoms with van der Waals surface area (Å²) >= 11 is 0.860. The molecule has 1 atom stereocenters. The first-order valence-electron chi connectivity index (χ1n) is 13.7. The largest absolute Gasteiger partial charge is 0.573 e. The Balaban J connectivity index is 1.17. The molecule has 1 unspecified atom stereocenters. The van der Waals surface area contributed by atoms with Gasteiger partial charge in [-0.15, -0.1) is 18.3 Å². The lowest BCUT2D eigenvalue weighted by molar-refractivity contribution is -0.274. The van der Waals surface area contributed by atoms with Gasteiger partial charge in [0.15, 0.2) is 22.5 Å². The third-order valence-corrected chi connectivity index (χ3v) is 7.59. The molecule has 20 heteroatoms. The van der Waals surface area contributed by atoms with Gasteiger partial charge < -0.3 is 24.3 Å². The Morgan fingerprint density at radius 3 is 2.49 bits per heavy atom. The molecular weight excluding hydrogens is 693 g/mol. The molecule has 0 radical (unpaired) electrons. The van der Waals surface area contributed by atoms with Crippen molar-refractivity contribution in [1.82, 2.24) is 14.8 Å². The molecule has 0 spiro atoms. The number of anilines is 2. The van der Waals surface area contributed by atoms with Gasteiger partial charge >= 0.3 is 12.4 Å². The monoisotopic (exact) mass is 712 g/mol. The number of alkyl halides is 6. The first kappa shape index (κ1) is 33.5. The summed E-state index contributed by atoms with van der Waals surface area (Å²) in [6, 6.07) is 10.0. The third-order valence-electron chi connectivity index (χ3n) is 6.67. The van der Waals surface area contributed by atoms with E-state index in [9.17, 15) is 35.9 Å². The molecule has 3 aromatic carbocycles. The molecule has 3 amide bonds. The minimum absolute atomic E-state index is 0.0142. The van der Waals surface area contributed by atoms with Crippen LogP contribution in [0.3, 0.4) is 0 Å². The highest BCUT2D eigenvalue weighted by atomic mass is 32.2. The maximum Gasteiger partial charge on any atom is 0.573 e. The number of fused-ring (bicyclic) bond motifs is 1. The number of aromatic nitrogens is 3. The zero-order valence-electron chi connectivity index (χ0n) is 24.3. The van der Waals surface area contributed by atoms with E-state index in [0.29, 0.717) is 5.69 Å². The second kappa shape index (κ2) is 13.6. The number of carbonyl (C=O) groups is 2. The summed E-state index contributed by atoms with van der Waals surface area (Å²) < 4.78 is 112. The van der Waals surface area contributed by atoms with Gasteiger partial charge in [-0.05, 0) is 48.5 Å². The Kier molecular flexibility index (Phi) is 9.32. The van der Waals surface area contributed by atoms with Gasteiger partial charge in [-0.25, -0.2) is 32.0 Å². The number of urea groups is 1. The van der Waals surface area contributed by atoms with Crippen LogP contribution in [0.4, 0.5) is 46.9 Å². The minimum Gasteiger partial charge on any atom is -0.454 e. The van der Waals surface area contributed by atoms with Gasteiger partial charge in [0.2, 0.25) is 12.7 Å². The number of aliphatic imine (C=N–C) groups is 1. The van der Waals surface area contributed by atoms with Crippen LogP contribution >= 0.6 is 11.8 Å². The summed E-state index contributed by atoms with van der Waals surface area (Å²) in [6.45, 7) is -0.868. The fourth-order valence-corrected chi connectivity index (χ4v) is 5.39. The number of amidine groups is 1. The van der Waals surface area contributed by atoms with Crippen molar-refractivity contribution in [2.24, 2.45) is 4.99 Å². The minimum atomic E-state index is -4.85. The molecule has 2 aliphatic rings. The van der Waals surface area contributed by atoms with Crippen molar-refractivity contribution in [1.29, 1.82) is 0 Å². The number of ether oxygens (including phenoxy) is 4. The van der Waals surface area contributed by atoms with E-state index in [1.807, 2.05) is 0 Å². The number of hydrogen-bond acceptors (Lipinski definition) is 9. The molecule has 4 aromatic rings. The molecule has 0 bridgehead atoms. The molecule has 2 aliphatic heterocycles. The number of nitrogens with one attached hydrogen (secondary N) is 1. The Labute approximate surface area is 274 Å². The molecule has 1 N–H and O–H groups in total. The van der Waals surface area contributed by atoms with Crippen LogP contribution in [0.15, 0.2) is 65.9 Å². The lowest BCUT2D eigenvalue weighted by atomic mass is 10.1. The van der Waals surface area contributed by atoms with Gasteiger partial charge in [0.25, 0.3) is 12.8 Å². The predicted octanol–water partition coefficient (Wildman–Crippen LogP) is 6.45. The topological polar surface area (TPSA) is 129 Å². The SMILES string of the molecule is O=C(N=C1SCC(=O)N1c1cc2c(cc1COC(F)C(F)F)OCO2)Nc1ccc(-c2ncn(-c3ccc(OC(F)(F)F)cc3)n2)cc1F. The Bertz CT molecular complexity index is 1920. The first-order chi connectivity index (χ1) is 23.3. The van der Waals surface area contributed by atoms with Gasteiger partial charge in [-0.1, -0.05) is 11.8 Å². The highest BCUT2D eigenvalue weighted by Gasteiger charge is 2.34. The van der Waals surface area contributed by atoms with E-state index < -0.39 is 49.3 Å². The second-order valence-electron chi connectivity index (χ2n) is 9.92. The average molecular weight is 713 g/mol. The highest BCUT2D eigenvalue weighted by Crippen LogP contribution is 2.41. The third kappa shape index (κ3) is 7.70. The van der Waals surface area contributed by atoms with Crippen molar-refractivity contribution in [3.8, 4) is 34.3 Å². The second-order valence-corrected chi connectivity index (χ2v) is 10.9. The average Bonchev–Trinajstić information content (AvgIpc) is 3.80. The molecule has 49 heavy (non-hydrogen) atoms. The highest BCUT2D eigenvalue weighted by molar-refractivity contribution is 8.15. The number of amides is 3. The van der Waals surface area contributed by atoms with Gasteiger partial charge in [0.05, 0.1) is 29.4 Å². The van der Waals surface area contributed by atoms with Crippen molar-refractivity contribution in [2.75, 3.05) is 22.8 Å². The lowest BCUT2D eigenvalue weighted by Crippen LogP contribution is -2.31. The van der Waals surface area contributed by atoms with E-state index in [2.05, 4.69) is 29.9 Å². The summed E-state index contributed by atoms with van der Waals surface area (Å²) in [6.07, 6.45) is -9.91. The van der Waals surface area contributed by atoms with Crippen LogP contribution in [0.2, 0.25) is 0 Å². The standard InChI is InChI=1S/C29H19F7N6O6S/c30-18-7-14(26-37-12-41(40-26)16-2-4-17(5-3-16)48-29(34,35)36)1-6-19(18)38-27(44)39-28-42(23(43)11-49-28)20-9-22-21(46-13-47-22)8-15(20)10-45-25(33)24(31)32/h1-9,12,24-25H,10-11,13H2,(H,38,44). The molecule has 1 saturated heterocycles. The van der Waals surface area contributed by atoms with Crippen LogP contribution < -0.4 is 24.4 Å². The molecule has 1 fully saturated rings. The molecule has 1 aromatic heterocycles. The fourth-order valence-electron chi connectivity index (χ4n) is 4.53. The van der Waals surface area contributed by atoms with Crippen molar-refractivity contribution < 1.29 is 59.3 Å². The molecule has 0 saturated carbocycles. The Morgan fingerprint density at radius 1 is 1.06 bits per heavy atom. The van der Waals surface area contributed by atoms with Crippen molar-refractivity contribution >= 4 is 40.2 Å². The number of nitrogens with zero attached hydrogens (tertiary/aromatic N) is 5. The lowest BCUT2D eigenvalue weighted by Gasteiger charge is -2.21. The van der Waals surface area contributed by atoms with E-state index in [4.69, 9.17) is 9.47 Å². The maximum absolute atomic E-state index is 15.1. The molecule has 256 valence electrons. The van der Waals surface area contributed by atoms with Crippen molar-refractivity contribution in [3.05, 3.63) is 72.3 Å². The summed E-state index contributed by atoms with van der Waals surface area (Å²) in [7, 11) is 0. The summed E-state index contributed by atoms with van der Waals surface area (Å²) in [5.74, 6) is -1.63. The smallest absolute Gasteiger partial charge is 0.454 e. The number of benzene rings is 3. The molecule has 12 nitrogen and oxygen atoms in total. The van der Waals surface area contributed by atoms with Gasteiger partial charge in [0, 0.05) is 17.2 Å². The van der Waals surface area contributed by atoms with Crippen LogP contribution in [0.25, 0.3) is 17.1 Å². The fraction of sp³-hybridized carbons (Fsp3) is 0.207. The van der Waals surface area contributed by atoms with E-state index in [1.165, 1.54) is 47.4 Å². The van der Waals surface area contributed by atoms with Crippen molar-refractivity contribution in [2.45, 2.75) is 25.8 Å².